The third-order valence-electron chi connectivity index (χ3n) is 6.54. The third kappa shape index (κ3) is 4.21. The monoisotopic (exact) mass is 412 g/mol. The van der Waals surface area contributed by atoms with Gasteiger partial charge in [0.2, 0.25) is 5.91 Å². The molecule has 2 heterocycles. The van der Waals surface area contributed by atoms with Gasteiger partial charge in [-0.1, -0.05) is 42.1 Å². The normalized spacial score (nSPS) is 21.3. The number of aromatic nitrogens is 3. The Morgan fingerprint density at radius 1 is 1.14 bits per heavy atom. The Labute approximate surface area is 176 Å². The molecule has 1 atom stereocenters. The maximum atomic E-state index is 12.8. The highest BCUT2D eigenvalue weighted by Crippen LogP contribution is 2.45. The van der Waals surface area contributed by atoms with Crippen molar-refractivity contribution in [3.05, 3.63) is 41.7 Å². The van der Waals surface area contributed by atoms with Crippen molar-refractivity contribution in [2.45, 2.75) is 55.8 Å². The van der Waals surface area contributed by atoms with E-state index < -0.39 is 0 Å². The van der Waals surface area contributed by atoms with Crippen LogP contribution >= 0.6 is 11.8 Å². The minimum Gasteiger partial charge on any atom is -0.331 e. The quantitative estimate of drug-likeness (QED) is 0.708. The Morgan fingerprint density at radius 3 is 2.52 bits per heavy atom. The fraction of sp³-hybridized carbons (Fsp3) is 0.591. The largest absolute Gasteiger partial charge is 0.331 e. The third-order valence-corrected chi connectivity index (χ3v) is 7.47. The second kappa shape index (κ2) is 8.11. The summed E-state index contributed by atoms with van der Waals surface area (Å²) in [5, 5.41) is 9.83. The van der Waals surface area contributed by atoms with Crippen LogP contribution in [0.1, 0.15) is 62.0 Å². The number of thioether (sulfide) groups is 1. The van der Waals surface area contributed by atoms with Crippen molar-refractivity contribution in [1.29, 1.82) is 0 Å². The molecule has 5 rings (SSSR count). The van der Waals surface area contributed by atoms with Crippen LogP contribution in [-0.2, 0) is 4.79 Å². The summed E-state index contributed by atoms with van der Waals surface area (Å²) >= 11 is 1.58. The molecular formula is C22H30N5OS+. The Morgan fingerprint density at radius 2 is 1.86 bits per heavy atom. The van der Waals surface area contributed by atoms with E-state index in [1.807, 2.05) is 4.90 Å². The van der Waals surface area contributed by atoms with Crippen molar-refractivity contribution in [2.75, 3.05) is 31.9 Å². The lowest BCUT2D eigenvalue weighted by molar-refractivity contribution is -0.933. The van der Waals surface area contributed by atoms with E-state index in [9.17, 15) is 4.79 Å². The zero-order valence-electron chi connectivity index (χ0n) is 17.1. The molecule has 2 aliphatic carbocycles. The highest BCUT2D eigenvalue weighted by atomic mass is 32.2. The zero-order valence-corrected chi connectivity index (χ0v) is 17.9. The first-order valence-corrected chi connectivity index (χ1v) is 11.9. The molecule has 1 aromatic carbocycles. The summed E-state index contributed by atoms with van der Waals surface area (Å²) in [4.78, 5) is 16.4. The zero-order chi connectivity index (χ0) is 19.8. The topological polar surface area (TPSA) is 55.5 Å². The van der Waals surface area contributed by atoms with Crippen molar-refractivity contribution >= 4 is 17.7 Å². The maximum Gasteiger partial charge on any atom is 0.233 e. The van der Waals surface area contributed by atoms with E-state index in [0.717, 1.165) is 37.2 Å². The SMILES string of the molecule is C[C@@H](c1ccccc1)[NH+]1CCN(C(=O)CSc2nnc(C3CC3)n2C2CC2)CC1. The van der Waals surface area contributed by atoms with Crippen molar-refractivity contribution < 1.29 is 9.69 Å². The van der Waals surface area contributed by atoms with Gasteiger partial charge in [-0.05, 0) is 32.6 Å². The molecule has 0 spiro atoms. The Bertz CT molecular complexity index is 853. The summed E-state index contributed by atoms with van der Waals surface area (Å²) in [6, 6.07) is 11.7. The van der Waals surface area contributed by atoms with E-state index >= 15 is 0 Å². The fourth-order valence-electron chi connectivity index (χ4n) is 4.35. The molecule has 1 aliphatic heterocycles. The van der Waals surface area contributed by atoms with Crippen LogP contribution in [0.4, 0.5) is 0 Å². The number of amides is 1. The van der Waals surface area contributed by atoms with Crippen LogP contribution in [0.2, 0.25) is 0 Å². The van der Waals surface area contributed by atoms with Crippen molar-refractivity contribution in [2.24, 2.45) is 0 Å². The average molecular weight is 413 g/mol. The smallest absolute Gasteiger partial charge is 0.233 e. The predicted octanol–water partition coefficient (Wildman–Crippen LogP) is 2.07. The van der Waals surface area contributed by atoms with Gasteiger partial charge in [-0.25, -0.2) is 0 Å². The van der Waals surface area contributed by atoms with Gasteiger partial charge in [0.05, 0.1) is 31.9 Å². The highest BCUT2D eigenvalue weighted by molar-refractivity contribution is 7.99. The molecular weight excluding hydrogens is 382 g/mol. The molecule has 1 amide bonds. The van der Waals surface area contributed by atoms with Gasteiger partial charge in [-0.2, -0.15) is 0 Å². The number of nitrogens with one attached hydrogen (secondary N) is 1. The minimum atomic E-state index is 0.236. The van der Waals surface area contributed by atoms with E-state index in [0.29, 0.717) is 23.8 Å². The molecule has 6 nitrogen and oxygen atoms in total. The Balaban J connectivity index is 1.14. The Kier molecular flexibility index (Phi) is 5.35. The Hall–Kier alpha value is -1.86. The number of hydrogen-bond donors (Lipinski definition) is 1. The fourth-order valence-corrected chi connectivity index (χ4v) is 5.27. The van der Waals surface area contributed by atoms with Crippen LogP contribution in [-0.4, -0.2) is 57.5 Å². The van der Waals surface area contributed by atoms with Crippen molar-refractivity contribution in [1.82, 2.24) is 19.7 Å². The van der Waals surface area contributed by atoms with Gasteiger partial charge in [0.25, 0.3) is 0 Å². The molecule has 3 aliphatic rings. The first kappa shape index (κ1) is 19.1. The second-order valence-corrected chi connectivity index (χ2v) is 9.62. The predicted molar refractivity (Wildman–Crippen MR) is 113 cm³/mol. The van der Waals surface area contributed by atoms with Gasteiger partial charge in [-0.3, -0.25) is 4.79 Å². The number of piperazine rings is 1. The van der Waals surface area contributed by atoms with Gasteiger partial charge < -0.3 is 14.4 Å². The minimum absolute atomic E-state index is 0.236. The van der Waals surface area contributed by atoms with Crippen LogP contribution in [0.5, 0.6) is 0 Å². The lowest BCUT2D eigenvalue weighted by Crippen LogP contribution is -3.14. The highest BCUT2D eigenvalue weighted by Gasteiger charge is 2.36. The van der Waals surface area contributed by atoms with Crippen LogP contribution in [0, 0.1) is 0 Å². The van der Waals surface area contributed by atoms with E-state index in [1.165, 1.54) is 31.2 Å². The molecule has 1 saturated heterocycles. The summed E-state index contributed by atoms with van der Waals surface area (Å²) in [6.45, 7) is 6.00. The number of quaternary nitrogens is 1. The van der Waals surface area contributed by atoms with E-state index in [4.69, 9.17) is 0 Å². The number of carbonyl (C=O) groups is 1. The number of benzene rings is 1. The molecule has 0 bridgehead atoms. The van der Waals surface area contributed by atoms with E-state index in [1.54, 1.807) is 16.7 Å². The number of nitrogens with zero attached hydrogens (tertiary/aromatic N) is 4. The molecule has 3 fully saturated rings. The summed E-state index contributed by atoms with van der Waals surface area (Å²) in [5.74, 6) is 2.48. The maximum absolute atomic E-state index is 12.8. The standard InChI is InChI=1S/C22H29N5OS/c1-16(17-5-3-2-4-6-17)25-11-13-26(14-12-25)20(28)15-29-22-24-23-21(18-7-8-18)27(22)19-9-10-19/h2-6,16,18-19H,7-15H2,1H3/p+1/t16-/m0/s1. The first-order chi connectivity index (χ1) is 14.2. The first-order valence-electron chi connectivity index (χ1n) is 11.0. The molecule has 29 heavy (non-hydrogen) atoms. The molecule has 2 saturated carbocycles. The second-order valence-electron chi connectivity index (χ2n) is 8.68. The molecule has 7 heteroatoms. The molecule has 154 valence electrons. The van der Waals surface area contributed by atoms with Gasteiger partial charge in [-0.15, -0.1) is 10.2 Å². The number of hydrogen-bond acceptors (Lipinski definition) is 4. The molecule has 1 N–H and O–H groups in total. The van der Waals surface area contributed by atoms with Gasteiger partial charge in [0, 0.05) is 17.5 Å². The van der Waals surface area contributed by atoms with Crippen LogP contribution in [0.3, 0.4) is 0 Å². The summed E-state index contributed by atoms with van der Waals surface area (Å²) < 4.78 is 2.33. The molecule has 0 unspecified atom stereocenters. The molecule has 1 aromatic heterocycles. The van der Waals surface area contributed by atoms with E-state index in [2.05, 4.69) is 52.0 Å². The summed E-state index contributed by atoms with van der Waals surface area (Å²) in [7, 11) is 0. The van der Waals surface area contributed by atoms with Gasteiger partial charge in [0.1, 0.15) is 11.9 Å². The van der Waals surface area contributed by atoms with Gasteiger partial charge in [0.15, 0.2) is 5.16 Å². The molecule has 0 radical (unpaired) electrons. The average Bonchev–Trinajstić information content (AvgIpc) is 3.71. The summed E-state index contributed by atoms with van der Waals surface area (Å²) in [6.07, 6.45) is 4.93. The number of rotatable bonds is 7. The van der Waals surface area contributed by atoms with E-state index in [-0.39, 0.29) is 5.91 Å². The lowest BCUT2D eigenvalue weighted by atomic mass is 10.1. The van der Waals surface area contributed by atoms with Crippen LogP contribution < -0.4 is 4.90 Å². The van der Waals surface area contributed by atoms with Crippen molar-refractivity contribution in [3.8, 4) is 0 Å². The van der Waals surface area contributed by atoms with Crippen LogP contribution in [0.25, 0.3) is 0 Å². The molecule has 2 aromatic rings. The van der Waals surface area contributed by atoms with Crippen molar-refractivity contribution in [3.63, 3.8) is 0 Å². The summed E-state index contributed by atoms with van der Waals surface area (Å²) in [5.41, 5.74) is 1.38. The van der Waals surface area contributed by atoms with Crippen LogP contribution in [0.15, 0.2) is 35.5 Å². The lowest BCUT2D eigenvalue weighted by Gasteiger charge is -2.35. The number of carbonyl (C=O) groups excluding carboxylic acids is 1. The van der Waals surface area contributed by atoms with Gasteiger partial charge >= 0.3 is 0 Å².